The third-order valence-electron chi connectivity index (χ3n) is 2.62. The molecule has 0 saturated heterocycles. The third-order valence-corrected chi connectivity index (χ3v) is 3.48. The minimum Gasteiger partial charge on any atom is -0.314 e. The lowest BCUT2D eigenvalue weighted by atomic mass is 10.1. The average Bonchev–Trinajstić information content (AvgIpc) is 2.28. The lowest BCUT2D eigenvalue weighted by Crippen LogP contribution is -2.27. The molecule has 0 bridgehead atoms. The molecule has 1 nitrogen and oxygen atoms in total. The predicted molar refractivity (Wildman–Crippen MR) is 72.5 cm³/mol. The van der Waals surface area contributed by atoms with E-state index in [-0.39, 0.29) is 0 Å². The van der Waals surface area contributed by atoms with Gasteiger partial charge in [-0.2, -0.15) is 0 Å². The topological polar surface area (TPSA) is 12.0 Å². The fraction of sp³-hybridized carbons (Fsp3) is 0.538. The minimum atomic E-state index is 0.523. The first-order valence-electron chi connectivity index (χ1n) is 5.81. The van der Waals surface area contributed by atoms with Crippen molar-refractivity contribution < 1.29 is 0 Å². The summed E-state index contributed by atoms with van der Waals surface area (Å²) in [4.78, 5) is 0. The number of hydrogen-bond donors (Lipinski definition) is 1. The summed E-state index contributed by atoms with van der Waals surface area (Å²) in [5.74, 6) is 0. The van der Waals surface area contributed by atoms with E-state index in [1.807, 2.05) is 18.2 Å². The molecule has 0 spiro atoms. The third kappa shape index (κ3) is 4.32. The summed E-state index contributed by atoms with van der Waals surface area (Å²) in [6.07, 6.45) is 3.22. The Morgan fingerprint density at radius 3 is 2.75 bits per heavy atom. The summed E-state index contributed by atoms with van der Waals surface area (Å²) in [6.45, 7) is 5.45. The molecule has 1 atom stereocenters. The molecular weight excluding hydrogens is 241 g/mol. The van der Waals surface area contributed by atoms with Gasteiger partial charge in [0.15, 0.2) is 0 Å². The highest BCUT2D eigenvalue weighted by atomic mass is 35.5. The van der Waals surface area contributed by atoms with Gasteiger partial charge in [-0.1, -0.05) is 42.3 Å². The van der Waals surface area contributed by atoms with Crippen LogP contribution < -0.4 is 5.32 Å². The van der Waals surface area contributed by atoms with Crippen molar-refractivity contribution in [3.05, 3.63) is 33.8 Å². The largest absolute Gasteiger partial charge is 0.314 e. The van der Waals surface area contributed by atoms with Gasteiger partial charge < -0.3 is 5.32 Å². The molecule has 3 heteroatoms. The zero-order chi connectivity index (χ0) is 12.0. The highest BCUT2D eigenvalue weighted by Gasteiger charge is 2.06. The standard InChI is InChI=1S/C13H19Cl2N/c1-3-9-16-10(2)7-8-11-5-4-6-12(14)13(11)15/h4-6,10,16H,3,7-9H2,1-2H3. The normalized spacial score (nSPS) is 12.8. The smallest absolute Gasteiger partial charge is 0.0624 e. The molecule has 90 valence electrons. The Morgan fingerprint density at radius 2 is 2.06 bits per heavy atom. The van der Waals surface area contributed by atoms with Crippen LogP contribution >= 0.6 is 23.2 Å². The first kappa shape index (κ1) is 13.8. The van der Waals surface area contributed by atoms with E-state index in [2.05, 4.69) is 19.2 Å². The van der Waals surface area contributed by atoms with Crippen molar-refractivity contribution in [2.45, 2.75) is 39.2 Å². The number of halogens is 2. The van der Waals surface area contributed by atoms with Crippen LogP contribution in [0.4, 0.5) is 0 Å². The molecular formula is C13H19Cl2N. The molecule has 0 heterocycles. The van der Waals surface area contributed by atoms with E-state index in [0.29, 0.717) is 16.1 Å². The van der Waals surface area contributed by atoms with Gasteiger partial charge in [-0.25, -0.2) is 0 Å². The molecule has 0 amide bonds. The van der Waals surface area contributed by atoms with Gasteiger partial charge in [0.1, 0.15) is 0 Å². The summed E-state index contributed by atoms with van der Waals surface area (Å²) < 4.78 is 0. The summed E-state index contributed by atoms with van der Waals surface area (Å²) in [7, 11) is 0. The molecule has 1 N–H and O–H groups in total. The van der Waals surface area contributed by atoms with Crippen LogP contribution in [0.25, 0.3) is 0 Å². The minimum absolute atomic E-state index is 0.523. The fourth-order valence-corrected chi connectivity index (χ4v) is 2.02. The van der Waals surface area contributed by atoms with Crippen LogP contribution in [0.1, 0.15) is 32.3 Å². The van der Waals surface area contributed by atoms with Crippen LogP contribution in [0, 0.1) is 0 Å². The van der Waals surface area contributed by atoms with Crippen LogP contribution in [-0.4, -0.2) is 12.6 Å². The van der Waals surface area contributed by atoms with Gasteiger partial charge in [0.05, 0.1) is 10.0 Å². The van der Waals surface area contributed by atoms with E-state index < -0.39 is 0 Å². The molecule has 0 radical (unpaired) electrons. The molecule has 0 fully saturated rings. The fourth-order valence-electron chi connectivity index (χ4n) is 1.61. The SMILES string of the molecule is CCCNC(C)CCc1cccc(Cl)c1Cl. The number of nitrogens with one attached hydrogen (secondary N) is 1. The molecule has 1 rings (SSSR count). The second-order valence-corrected chi connectivity index (χ2v) is 4.89. The first-order chi connectivity index (χ1) is 7.65. The molecule has 0 aliphatic heterocycles. The maximum absolute atomic E-state index is 6.13. The highest BCUT2D eigenvalue weighted by Crippen LogP contribution is 2.26. The van der Waals surface area contributed by atoms with Gasteiger partial charge in [0.25, 0.3) is 0 Å². The summed E-state index contributed by atoms with van der Waals surface area (Å²) in [6, 6.07) is 6.34. The Kier molecular flexibility index (Phi) is 6.18. The van der Waals surface area contributed by atoms with Crippen molar-refractivity contribution in [3.8, 4) is 0 Å². The van der Waals surface area contributed by atoms with Crippen molar-refractivity contribution in [3.63, 3.8) is 0 Å². The second-order valence-electron chi connectivity index (χ2n) is 4.11. The molecule has 0 aliphatic rings. The zero-order valence-corrected chi connectivity index (χ0v) is 11.4. The molecule has 1 aromatic carbocycles. The van der Waals surface area contributed by atoms with E-state index >= 15 is 0 Å². The molecule has 16 heavy (non-hydrogen) atoms. The van der Waals surface area contributed by atoms with Gasteiger partial charge in [-0.3, -0.25) is 0 Å². The quantitative estimate of drug-likeness (QED) is 0.803. The predicted octanol–water partition coefficient (Wildman–Crippen LogP) is 4.31. The van der Waals surface area contributed by atoms with Crippen LogP contribution in [0.2, 0.25) is 10.0 Å². The van der Waals surface area contributed by atoms with E-state index in [0.717, 1.165) is 24.9 Å². The Bertz CT molecular complexity index is 326. The number of aryl methyl sites for hydroxylation is 1. The van der Waals surface area contributed by atoms with Crippen molar-refractivity contribution in [1.82, 2.24) is 5.32 Å². The summed E-state index contributed by atoms with van der Waals surface area (Å²) in [5, 5.41) is 4.81. The molecule has 1 unspecified atom stereocenters. The van der Waals surface area contributed by atoms with Gasteiger partial charge in [0, 0.05) is 6.04 Å². The molecule has 0 aromatic heterocycles. The monoisotopic (exact) mass is 259 g/mol. The number of hydrogen-bond acceptors (Lipinski definition) is 1. The molecule has 0 saturated carbocycles. The van der Waals surface area contributed by atoms with Crippen LogP contribution in [0.3, 0.4) is 0 Å². The molecule has 0 aliphatic carbocycles. The van der Waals surface area contributed by atoms with Gasteiger partial charge >= 0.3 is 0 Å². The number of rotatable bonds is 6. The highest BCUT2D eigenvalue weighted by molar-refractivity contribution is 6.42. The van der Waals surface area contributed by atoms with E-state index in [1.54, 1.807) is 0 Å². The van der Waals surface area contributed by atoms with E-state index in [4.69, 9.17) is 23.2 Å². The van der Waals surface area contributed by atoms with Crippen molar-refractivity contribution in [2.75, 3.05) is 6.54 Å². The Balaban J connectivity index is 2.45. The van der Waals surface area contributed by atoms with Gasteiger partial charge in [0.2, 0.25) is 0 Å². The maximum atomic E-state index is 6.13. The lowest BCUT2D eigenvalue weighted by molar-refractivity contribution is 0.514. The number of benzene rings is 1. The summed E-state index contributed by atoms with van der Waals surface area (Å²) in [5.41, 5.74) is 1.14. The van der Waals surface area contributed by atoms with Crippen LogP contribution in [0.5, 0.6) is 0 Å². The van der Waals surface area contributed by atoms with Crippen molar-refractivity contribution in [2.24, 2.45) is 0 Å². The Hall–Kier alpha value is -0.240. The van der Waals surface area contributed by atoms with E-state index in [9.17, 15) is 0 Å². The Morgan fingerprint density at radius 1 is 1.31 bits per heavy atom. The summed E-state index contributed by atoms with van der Waals surface area (Å²) >= 11 is 12.1. The second kappa shape index (κ2) is 7.16. The van der Waals surface area contributed by atoms with E-state index in [1.165, 1.54) is 6.42 Å². The first-order valence-corrected chi connectivity index (χ1v) is 6.57. The maximum Gasteiger partial charge on any atom is 0.0624 e. The van der Waals surface area contributed by atoms with Gasteiger partial charge in [-0.05, 0) is 44.4 Å². The van der Waals surface area contributed by atoms with Crippen molar-refractivity contribution >= 4 is 23.2 Å². The lowest BCUT2D eigenvalue weighted by Gasteiger charge is -2.13. The Labute approximate surface area is 108 Å². The van der Waals surface area contributed by atoms with Crippen LogP contribution in [-0.2, 0) is 6.42 Å². The average molecular weight is 260 g/mol. The molecule has 1 aromatic rings. The van der Waals surface area contributed by atoms with Crippen LogP contribution in [0.15, 0.2) is 18.2 Å². The zero-order valence-electron chi connectivity index (χ0n) is 9.89. The van der Waals surface area contributed by atoms with Gasteiger partial charge in [-0.15, -0.1) is 0 Å². The van der Waals surface area contributed by atoms with Crippen molar-refractivity contribution in [1.29, 1.82) is 0 Å².